The Kier molecular flexibility index (Phi) is 4.96. The molecular weight excluding hydrogens is 353 g/mol. The van der Waals surface area contributed by atoms with E-state index in [2.05, 4.69) is 16.2 Å². The number of benzene rings is 2. The normalized spacial score (nSPS) is 11.3. The first-order valence-corrected chi connectivity index (χ1v) is 8.48. The molecule has 0 saturated heterocycles. The van der Waals surface area contributed by atoms with Gasteiger partial charge in [-0.05, 0) is 42.5 Å². The van der Waals surface area contributed by atoms with Gasteiger partial charge in [-0.2, -0.15) is 4.99 Å². The molecule has 0 aliphatic carbocycles. The topological polar surface area (TPSA) is 63.5 Å². The van der Waals surface area contributed by atoms with Gasteiger partial charge in [-0.15, -0.1) is 6.42 Å². The zero-order valence-corrected chi connectivity index (χ0v) is 14.6. The van der Waals surface area contributed by atoms with Crippen molar-refractivity contribution in [2.75, 3.05) is 5.32 Å². The molecular formula is C19H14FN3O2S. The number of rotatable bonds is 3. The summed E-state index contributed by atoms with van der Waals surface area (Å²) in [6.45, 7) is 1.67. The van der Waals surface area contributed by atoms with Gasteiger partial charge in [-0.25, -0.2) is 4.39 Å². The molecule has 2 amide bonds. The van der Waals surface area contributed by atoms with E-state index < -0.39 is 11.7 Å². The molecule has 0 saturated carbocycles. The Balaban J connectivity index is 2.10. The summed E-state index contributed by atoms with van der Waals surface area (Å²) >= 11 is 1.29. The molecule has 1 aromatic heterocycles. The summed E-state index contributed by atoms with van der Waals surface area (Å²) in [6.07, 6.45) is 5.44. The highest BCUT2D eigenvalue weighted by molar-refractivity contribution is 7.16. The van der Waals surface area contributed by atoms with Gasteiger partial charge in [-0.1, -0.05) is 17.3 Å². The minimum atomic E-state index is -0.482. The lowest BCUT2D eigenvalue weighted by atomic mass is 10.2. The van der Waals surface area contributed by atoms with Crippen LogP contribution >= 0.6 is 11.3 Å². The van der Waals surface area contributed by atoms with E-state index in [1.165, 1.54) is 42.5 Å². The molecule has 5 nitrogen and oxygen atoms in total. The van der Waals surface area contributed by atoms with E-state index in [4.69, 9.17) is 6.42 Å². The number of terminal acetylenes is 1. The van der Waals surface area contributed by atoms with E-state index in [-0.39, 0.29) is 18.0 Å². The number of thiazole rings is 1. The van der Waals surface area contributed by atoms with Gasteiger partial charge in [-0.3, -0.25) is 9.59 Å². The number of hydrogen-bond donors (Lipinski definition) is 1. The van der Waals surface area contributed by atoms with E-state index in [0.29, 0.717) is 10.5 Å². The van der Waals surface area contributed by atoms with Crippen LogP contribution in [-0.4, -0.2) is 16.4 Å². The molecule has 0 fully saturated rings. The lowest BCUT2D eigenvalue weighted by molar-refractivity contribution is -0.114. The maximum Gasteiger partial charge on any atom is 0.279 e. The third kappa shape index (κ3) is 3.71. The molecule has 26 heavy (non-hydrogen) atoms. The van der Waals surface area contributed by atoms with Crippen molar-refractivity contribution < 1.29 is 14.0 Å². The fourth-order valence-electron chi connectivity index (χ4n) is 2.43. The Labute approximate surface area is 152 Å². The zero-order valence-electron chi connectivity index (χ0n) is 13.8. The minimum Gasteiger partial charge on any atom is -0.326 e. The molecule has 1 heterocycles. The molecule has 130 valence electrons. The lowest BCUT2D eigenvalue weighted by Crippen LogP contribution is -2.16. The summed E-state index contributed by atoms with van der Waals surface area (Å²) in [5.41, 5.74) is 1.75. The van der Waals surface area contributed by atoms with Gasteiger partial charge in [0.05, 0.1) is 16.8 Å². The first-order valence-electron chi connectivity index (χ1n) is 7.67. The SMILES string of the molecule is C#CCn1c(=NC(=O)c2ccc(F)cc2)sc2cc(NC(C)=O)ccc21. The predicted octanol–water partition coefficient (Wildman–Crippen LogP) is 3.17. The molecule has 0 aliphatic heterocycles. The van der Waals surface area contributed by atoms with Crippen LogP contribution < -0.4 is 10.1 Å². The Hall–Kier alpha value is -3.24. The van der Waals surface area contributed by atoms with Gasteiger partial charge >= 0.3 is 0 Å². The van der Waals surface area contributed by atoms with Crippen molar-refractivity contribution in [2.45, 2.75) is 13.5 Å². The lowest BCUT2D eigenvalue weighted by Gasteiger charge is -2.03. The second-order valence-electron chi connectivity index (χ2n) is 5.46. The van der Waals surface area contributed by atoms with Gasteiger partial charge in [0.2, 0.25) is 5.91 Å². The largest absolute Gasteiger partial charge is 0.326 e. The summed E-state index contributed by atoms with van der Waals surface area (Å²) in [4.78, 5) is 28.2. The number of anilines is 1. The summed E-state index contributed by atoms with van der Waals surface area (Å²) in [7, 11) is 0. The van der Waals surface area contributed by atoms with Crippen molar-refractivity contribution in [3.8, 4) is 12.3 Å². The number of aromatic nitrogens is 1. The molecule has 0 atom stereocenters. The van der Waals surface area contributed by atoms with Crippen LogP contribution in [0.1, 0.15) is 17.3 Å². The second kappa shape index (κ2) is 7.33. The Morgan fingerprint density at radius 1 is 1.27 bits per heavy atom. The number of nitrogens with zero attached hydrogens (tertiary/aromatic N) is 2. The number of fused-ring (bicyclic) bond motifs is 1. The van der Waals surface area contributed by atoms with Crippen LogP contribution in [0.5, 0.6) is 0 Å². The van der Waals surface area contributed by atoms with E-state index in [1.807, 2.05) is 6.07 Å². The van der Waals surface area contributed by atoms with Gasteiger partial charge in [0, 0.05) is 18.2 Å². The fraction of sp³-hybridized carbons (Fsp3) is 0.105. The van der Waals surface area contributed by atoms with Gasteiger partial charge in [0.25, 0.3) is 5.91 Å². The molecule has 0 unspecified atom stereocenters. The molecule has 0 radical (unpaired) electrons. The van der Waals surface area contributed by atoms with Crippen LogP contribution in [0.25, 0.3) is 10.2 Å². The highest BCUT2D eigenvalue weighted by Gasteiger charge is 2.10. The smallest absolute Gasteiger partial charge is 0.279 e. The maximum absolute atomic E-state index is 13.0. The van der Waals surface area contributed by atoms with Crippen LogP contribution in [0.15, 0.2) is 47.5 Å². The average Bonchev–Trinajstić information content (AvgIpc) is 2.92. The summed E-state index contributed by atoms with van der Waals surface area (Å²) < 4.78 is 15.6. The quantitative estimate of drug-likeness (QED) is 0.723. The van der Waals surface area contributed by atoms with E-state index in [1.54, 1.807) is 16.7 Å². The molecule has 7 heteroatoms. The van der Waals surface area contributed by atoms with Crippen LogP contribution in [0.4, 0.5) is 10.1 Å². The highest BCUT2D eigenvalue weighted by atomic mass is 32.1. The van der Waals surface area contributed by atoms with Crippen molar-refractivity contribution in [1.29, 1.82) is 0 Å². The van der Waals surface area contributed by atoms with Crippen LogP contribution in [-0.2, 0) is 11.3 Å². The number of carbonyl (C=O) groups is 2. The number of amides is 2. The summed E-state index contributed by atoms with van der Waals surface area (Å²) in [5.74, 6) is 1.47. The van der Waals surface area contributed by atoms with Crippen molar-refractivity contribution in [3.05, 3.63) is 58.6 Å². The van der Waals surface area contributed by atoms with E-state index in [0.717, 1.165) is 10.2 Å². The molecule has 0 spiro atoms. The van der Waals surface area contributed by atoms with Gasteiger partial charge in [0.1, 0.15) is 5.82 Å². The first-order chi connectivity index (χ1) is 12.5. The number of hydrogen-bond acceptors (Lipinski definition) is 3. The number of halogens is 1. The molecule has 0 aliphatic rings. The average molecular weight is 367 g/mol. The molecule has 3 rings (SSSR count). The van der Waals surface area contributed by atoms with Crippen LogP contribution in [0, 0.1) is 18.2 Å². The van der Waals surface area contributed by atoms with Gasteiger partial charge < -0.3 is 9.88 Å². The van der Waals surface area contributed by atoms with Crippen LogP contribution in [0.3, 0.4) is 0 Å². The minimum absolute atomic E-state index is 0.172. The Morgan fingerprint density at radius 3 is 2.65 bits per heavy atom. The molecule has 1 N–H and O–H groups in total. The van der Waals surface area contributed by atoms with E-state index in [9.17, 15) is 14.0 Å². The third-order valence-electron chi connectivity index (χ3n) is 3.54. The van der Waals surface area contributed by atoms with Crippen molar-refractivity contribution in [2.24, 2.45) is 4.99 Å². The summed E-state index contributed by atoms with van der Waals surface area (Å²) in [6, 6.07) is 10.6. The standard InChI is InChI=1S/C19H14FN3O2S/c1-3-10-23-16-9-8-15(21-12(2)24)11-17(16)26-19(23)22-18(25)13-4-6-14(20)7-5-13/h1,4-9,11H,10H2,2H3,(H,21,24). The van der Waals surface area contributed by atoms with Crippen LogP contribution in [0.2, 0.25) is 0 Å². The number of carbonyl (C=O) groups excluding carboxylic acids is 2. The van der Waals surface area contributed by atoms with Crippen molar-refractivity contribution in [3.63, 3.8) is 0 Å². The second-order valence-corrected chi connectivity index (χ2v) is 6.47. The zero-order chi connectivity index (χ0) is 18.7. The molecule has 0 bridgehead atoms. The highest BCUT2D eigenvalue weighted by Crippen LogP contribution is 2.22. The predicted molar refractivity (Wildman–Crippen MR) is 99.2 cm³/mol. The van der Waals surface area contributed by atoms with Crippen molar-refractivity contribution in [1.82, 2.24) is 4.57 Å². The maximum atomic E-state index is 13.0. The Morgan fingerprint density at radius 2 is 2.00 bits per heavy atom. The van der Waals surface area contributed by atoms with E-state index >= 15 is 0 Å². The monoisotopic (exact) mass is 367 g/mol. The summed E-state index contributed by atoms with van der Waals surface area (Å²) in [5, 5.41) is 2.71. The number of nitrogens with one attached hydrogen (secondary N) is 1. The third-order valence-corrected chi connectivity index (χ3v) is 4.58. The Bertz CT molecular complexity index is 1100. The fourth-order valence-corrected chi connectivity index (χ4v) is 3.49. The van der Waals surface area contributed by atoms with Gasteiger partial charge in [0.15, 0.2) is 4.80 Å². The molecule has 3 aromatic rings. The van der Waals surface area contributed by atoms with Crippen molar-refractivity contribution >= 4 is 39.1 Å². The first kappa shape index (κ1) is 17.6. The molecule has 2 aromatic carbocycles.